The number of benzene rings is 3. The van der Waals surface area contributed by atoms with E-state index >= 15 is 0 Å². The fourth-order valence-corrected chi connectivity index (χ4v) is 5.30. The Labute approximate surface area is 230 Å². The topological polar surface area (TPSA) is 86.8 Å². The molecule has 0 aromatic heterocycles. The van der Waals surface area contributed by atoms with Crippen molar-refractivity contribution >= 4 is 39.1 Å². The average molecular weight is 556 g/mol. The third-order valence-corrected chi connectivity index (χ3v) is 7.67. The highest BCUT2D eigenvalue weighted by atomic mass is 35.5. The number of amides is 2. The number of sulfonamides is 1. The van der Waals surface area contributed by atoms with E-state index in [-0.39, 0.29) is 24.8 Å². The first-order valence-corrected chi connectivity index (χ1v) is 14.6. The summed E-state index contributed by atoms with van der Waals surface area (Å²) < 4.78 is 27.1. The molecular formula is C29H34ClN3O4S. The summed E-state index contributed by atoms with van der Waals surface area (Å²) in [6, 6.07) is 22.7. The molecule has 0 bridgehead atoms. The van der Waals surface area contributed by atoms with E-state index in [2.05, 4.69) is 5.32 Å². The highest BCUT2D eigenvalue weighted by molar-refractivity contribution is 7.92. The Bertz CT molecular complexity index is 1350. The molecule has 0 aliphatic carbocycles. The maximum atomic E-state index is 14.0. The van der Waals surface area contributed by atoms with Crippen molar-refractivity contribution < 1.29 is 18.0 Å². The minimum Gasteiger partial charge on any atom is -0.357 e. The van der Waals surface area contributed by atoms with Gasteiger partial charge in [0.2, 0.25) is 21.8 Å². The Morgan fingerprint density at radius 1 is 0.895 bits per heavy atom. The van der Waals surface area contributed by atoms with Gasteiger partial charge in [-0.3, -0.25) is 13.9 Å². The van der Waals surface area contributed by atoms with Crippen molar-refractivity contribution in [3.05, 3.63) is 101 Å². The van der Waals surface area contributed by atoms with Crippen molar-refractivity contribution in [1.29, 1.82) is 0 Å². The molecule has 0 aliphatic heterocycles. The molecule has 0 radical (unpaired) electrons. The molecule has 1 unspecified atom stereocenters. The molecule has 0 saturated heterocycles. The molecule has 3 rings (SSSR count). The molecule has 9 heteroatoms. The summed E-state index contributed by atoms with van der Waals surface area (Å²) in [7, 11) is -2.30. The van der Waals surface area contributed by atoms with Gasteiger partial charge >= 0.3 is 0 Å². The number of hydrogen-bond donors (Lipinski definition) is 1. The maximum Gasteiger partial charge on any atom is 0.244 e. The van der Waals surface area contributed by atoms with E-state index in [1.165, 1.54) is 11.9 Å². The van der Waals surface area contributed by atoms with E-state index in [1.54, 1.807) is 36.4 Å². The molecule has 2 amide bonds. The van der Waals surface area contributed by atoms with Crippen LogP contribution in [-0.2, 0) is 32.6 Å². The maximum absolute atomic E-state index is 14.0. The highest BCUT2D eigenvalue weighted by Crippen LogP contribution is 2.29. The summed E-state index contributed by atoms with van der Waals surface area (Å²) >= 11 is 6.06. The van der Waals surface area contributed by atoms with E-state index in [0.29, 0.717) is 10.7 Å². The lowest BCUT2D eigenvalue weighted by atomic mass is 10.0. The van der Waals surface area contributed by atoms with Gasteiger partial charge in [-0.15, -0.1) is 0 Å². The molecule has 0 spiro atoms. The van der Waals surface area contributed by atoms with Crippen LogP contribution in [0.15, 0.2) is 78.9 Å². The summed E-state index contributed by atoms with van der Waals surface area (Å²) in [5.41, 5.74) is 2.89. The smallest absolute Gasteiger partial charge is 0.244 e. The first kappa shape index (κ1) is 29.2. The molecule has 1 atom stereocenters. The number of likely N-dealkylation sites (N-methyl/N-ethyl adjacent to an activating group) is 1. The second-order valence-corrected chi connectivity index (χ2v) is 11.8. The van der Waals surface area contributed by atoms with Gasteiger partial charge in [-0.25, -0.2) is 8.42 Å². The van der Waals surface area contributed by atoms with E-state index < -0.39 is 28.5 Å². The average Bonchev–Trinajstić information content (AvgIpc) is 2.89. The van der Waals surface area contributed by atoms with Gasteiger partial charge in [0, 0.05) is 25.0 Å². The molecule has 0 fully saturated rings. The van der Waals surface area contributed by atoms with Crippen LogP contribution in [0.5, 0.6) is 0 Å². The van der Waals surface area contributed by atoms with Crippen molar-refractivity contribution in [2.24, 2.45) is 0 Å². The number of carbonyl (C=O) groups is 2. The third kappa shape index (κ3) is 7.58. The van der Waals surface area contributed by atoms with Gasteiger partial charge in [0.05, 0.1) is 11.9 Å². The lowest BCUT2D eigenvalue weighted by Crippen LogP contribution is -2.53. The van der Waals surface area contributed by atoms with Gasteiger partial charge in [-0.1, -0.05) is 86.1 Å². The lowest BCUT2D eigenvalue weighted by molar-refractivity contribution is -0.139. The molecule has 3 aromatic carbocycles. The number of halogens is 1. The van der Waals surface area contributed by atoms with Crippen LogP contribution in [0, 0.1) is 0 Å². The predicted octanol–water partition coefficient (Wildman–Crippen LogP) is 4.62. The van der Waals surface area contributed by atoms with Crippen LogP contribution in [0.1, 0.15) is 36.5 Å². The molecule has 38 heavy (non-hydrogen) atoms. The van der Waals surface area contributed by atoms with Crippen molar-refractivity contribution in [1.82, 2.24) is 10.2 Å². The first-order valence-electron chi connectivity index (χ1n) is 12.4. The molecule has 3 aromatic rings. The number of nitrogens with one attached hydrogen (secondary N) is 1. The van der Waals surface area contributed by atoms with E-state index in [1.807, 2.05) is 56.3 Å². The Kier molecular flexibility index (Phi) is 9.94. The van der Waals surface area contributed by atoms with Crippen LogP contribution in [-0.4, -0.2) is 51.0 Å². The number of para-hydroxylation sites is 1. The number of nitrogens with zero attached hydrogens (tertiary/aromatic N) is 2. The largest absolute Gasteiger partial charge is 0.357 e. The third-order valence-electron chi connectivity index (χ3n) is 6.29. The fourth-order valence-electron chi connectivity index (χ4n) is 4.30. The number of rotatable bonds is 11. The zero-order valence-electron chi connectivity index (χ0n) is 22.1. The van der Waals surface area contributed by atoms with Gasteiger partial charge in [0.15, 0.2) is 0 Å². The Hall–Kier alpha value is -3.36. The fraction of sp³-hybridized carbons (Fsp3) is 0.310. The Morgan fingerprint density at radius 3 is 2.08 bits per heavy atom. The van der Waals surface area contributed by atoms with Crippen LogP contribution in [0.2, 0.25) is 5.02 Å². The monoisotopic (exact) mass is 555 g/mol. The van der Waals surface area contributed by atoms with Gasteiger partial charge in [0.1, 0.15) is 12.6 Å². The number of hydrogen-bond acceptors (Lipinski definition) is 4. The van der Waals surface area contributed by atoms with Gasteiger partial charge in [0.25, 0.3) is 0 Å². The summed E-state index contributed by atoms with van der Waals surface area (Å²) in [5.74, 6) is -0.800. The van der Waals surface area contributed by atoms with Crippen LogP contribution >= 0.6 is 11.6 Å². The molecule has 202 valence electrons. The van der Waals surface area contributed by atoms with Gasteiger partial charge in [-0.2, -0.15) is 0 Å². The molecule has 1 N–H and O–H groups in total. The molecule has 0 heterocycles. The summed E-state index contributed by atoms with van der Waals surface area (Å²) in [4.78, 5) is 28.6. The van der Waals surface area contributed by atoms with Crippen LogP contribution < -0.4 is 9.62 Å². The quantitative estimate of drug-likeness (QED) is 0.374. The minimum absolute atomic E-state index is 0.0346. The Morgan fingerprint density at radius 2 is 1.50 bits per heavy atom. The zero-order valence-corrected chi connectivity index (χ0v) is 23.7. The number of anilines is 1. The SMILES string of the molecule is CNC(=O)C(Cc1ccccc1)N(Cc1ccc(Cl)cc1)C(=O)CN(c1ccccc1C(C)C)S(C)(=O)=O. The predicted molar refractivity (Wildman–Crippen MR) is 153 cm³/mol. The van der Waals surface area contributed by atoms with Crippen molar-refractivity contribution in [3.8, 4) is 0 Å². The van der Waals surface area contributed by atoms with Crippen molar-refractivity contribution in [2.75, 3.05) is 24.2 Å². The molecule has 7 nitrogen and oxygen atoms in total. The minimum atomic E-state index is -3.82. The van der Waals surface area contributed by atoms with E-state index in [9.17, 15) is 18.0 Å². The van der Waals surface area contributed by atoms with Crippen molar-refractivity contribution in [2.45, 2.75) is 38.8 Å². The standard InChI is InChI=1S/C29H34ClN3O4S/c1-21(2)25-12-8-9-13-26(25)33(38(4,36)37)20-28(34)32(19-23-14-16-24(30)17-15-23)27(29(35)31-3)18-22-10-6-5-7-11-22/h5-17,21,27H,18-20H2,1-4H3,(H,31,35). The normalized spacial score (nSPS) is 12.2. The molecule has 0 aliphatic rings. The second-order valence-electron chi connectivity index (χ2n) is 9.45. The summed E-state index contributed by atoms with van der Waals surface area (Å²) in [5, 5.41) is 3.22. The van der Waals surface area contributed by atoms with Crippen LogP contribution in [0.25, 0.3) is 0 Å². The molecular weight excluding hydrogens is 522 g/mol. The van der Waals surface area contributed by atoms with E-state index in [0.717, 1.165) is 27.3 Å². The summed E-state index contributed by atoms with van der Waals surface area (Å²) in [6.07, 6.45) is 1.35. The zero-order chi connectivity index (χ0) is 27.9. The van der Waals surface area contributed by atoms with Crippen molar-refractivity contribution in [3.63, 3.8) is 0 Å². The first-order chi connectivity index (χ1) is 18.0. The van der Waals surface area contributed by atoms with Crippen LogP contribution in [0.3, 0.4) is 0 Å². The summed E-state index contributed by atoms with van der Waals surface area (Å²) in [6.45, 7) is 3.59. The van der Waals surface area contributed by atoms with Gasteiger partial charge in [-0.05, 0) is 40.8 Å². The lowest BCUT2D eigenvalue weighted by Gasteiger charge is -2.34. The highest BCUT2D eigenvalue weighted by Gasteiger charge is 2.33. The van der Waals surface area contributed by atoms with Gasteiger partial charge < -0.3 is 10.2 Å². The number of carbonyl (C=O) groups excluding carboxylic acids is 2. The van der Waals surface area contributed by atoms with Crippen LogP contribution in [0.4, 0.5) is 5.69 Å². The second kappa shape index (κ2) is 12.9. The molecule has 0 saturated carbocycles. The Balaban J connectivity index is 2.06. The van der Waals surface area contributed by atoms with E-state index in [4.69, 9.17) is 11.6 Å².